The highest BCUT2D eigenvalue weighted by Gasteiger charge is 2.17. The number of ether oxygens (including phenoxy) is 1. The van der Waals surface area contributed by atoms with Gasteiger partial charge >= 0.3 is 0 Å². The number of aromatic amines is 1. The predicted octanol–water partition coefficient (Wildman–Crippen LogP) is 1.19. The van der Waals surface area contributed by atoms with E-state index in [0.29, 0.717) is 0 Å². The lowest BCUT2D eigenvalue weighted by Crippen LogP contribution is -2.14. The van der Waals surface area contributed by atoms with Gasteiger partial charge in [0, 0.05) is 18.9 Å². The van der Waals surface area contributed by atoms with Crippen molar-refractivity contribution in [2.24, 2.45) is 4.99 Å². The van der Waals surface area contributed by atoms with Crippen molar-refractivity contribution in [2.75, 3.05) is 7.11 Å². The molecule has 0 radical (unpaired) electrons. The Morgan fingerprint density at radius 1 is 1.75 bits per heavy atom. The van der Waals surface area contributed by atoms with Gasteiger partial charge in [0.25, 0.3) is 0 Å². The van der Waals surface area contributed by atoms with E-state index < -0.39 is 0 Å². The molecule has 0 saturated carbocycles. The summed E-state index contributed by atoms with van der Waals surface area (Å²) in [5.74, 6) is 0. The first-order valence-corrected chi connectivity index (χ1v) is 3.77. The molecule has 12 heavy (non-hydrogen) atoms. The third-order valence-electron chi connectivity index (χ3n) is 1.87. The van der Waals surface area contributed by atoms with Crippen LogP contribution in [0.2, 0.25) is 0 Å². The maximum absolute atomic E-state index is 5.15. The zero-order chi connectivity index (χ0) is 8.97. The van der Waals surface area contributed by atoms with Crippen LogP contribution in [0.3, 0.4) is 0 Å². The third kappa shape index (κ3) is 1.71. The van der Waals surface area contributed by atoms with Crippen molar-refractivity contribution in [1.82, 2.24) is 10.2 Å². The number of nitrogens with one attached hydrogen (secondary N) is 1. The maximum atomic E-state index is 5.15. The maximum Gasteiger partial charge on any atom is 0.103 e. The molecule has 1 heterocycles. The van der Waals surface area contributed by atoms with E-state index in [9.17, 15) is 0 Å². The molecule has 1 N–H and O–H groups in total. The molecular weight excluding hydrogens is 154 g/mol. The number of H-pyrrole nitrogens is 1. The molecular formula is C8H13N3O. The fraction of sp³-hybridized carbons (Fsp3) is 0.500. The predicted molar refractivity (Wildman–Crippen MR) is 47.3 cm³/mol. The summed E-state index contributed by atoms with van der Waals surface area (Å²) in [6.07, 6.45) is 3.56. The molecule has 1 rings (SSSR count). The standard InChI is InChI=1S/C8H13N3O/c1-6(12-3)8(9-2)7-4-10-11-5-7/h4-6,8H,2H2,1,3H3,(H,10,11). The molecule has 0 fully saturated rings. The van der Waals surface area contributed by atoms with E-state index in [0.717, 1.165) is 5.56 Å². The monoisotopic (exact) mass is 167 g/mol. The average Bonchev–Trinajstić information content (AvgIpc) is 2.58. The van der Waals surface area contributed by atoms with Crippen molar-refractivity contribution in [2.45, 2.75) is 19.1 Å². The van der Waals surface area contributed by atoms with E-state index in [-0.39, 0.29) is 12.1 Å². The molecule has 1 aromatic rings. The number of aliphatic imine (C=N–C) groups is 1. The Labute approximate surface area is 71.7 Å². The Balaban J connectivity index is 2.76. The van der Waals surface area contributed by atoms with Crippen LogP contribution in [0.15, 0.2) is 17.4 Å². The first-order valence-electron chi connectivity index (χ1n) is 3.77. The molecule has 4 nitrogen and oxygen atoms in total. The second-order valence-corrected chi connectivity index (χ2v) is 2.60. The molecule has 1 aromatic heterocycles. The van der Waals surface area contributed by atoms with Crippen molar-refractivity contribution in [3.63, 3.8) is 0 Å². The second kappa shape index (κ2) is 4.01. The van der Waals surface area contributed by atoms with E-state index >= 15 is 0 Å². The fourth-order valence-electron chi connectivity index (χ4n) is 1.08. The fourth-order valence-corrected chi connectivity index (χ4v) is 1.08. The minimum atomic E-state index is -0.0336. The van der Waals surface area contributed by atoms with Crippen LogP contribution in [0, 0.1) is 0 Å². The Morgan fingerprint density at radius 3 is 2.92 bits per heavy atom. The molecule has 0 saturated heterocycles. The lowest BCUT2D eigenvalue weighted by atomic mass is 10.1. The van der Waals surface area contributed by atoms with Crippen LogP contribution in [0.4, 0.5) is 0 Å². The lowest BCUT2D eigenvalue weighted by molar-refractivity contribution is 0.0967. The second-order valence-electron chi connectivity index (χ2n) is 2.60. The van der Waals surface area contributed by atoms with Crippen LogP contribution in [-0.4, -0.2) is 30.1 Å². The topological polar surface area (TPSA) is 50.3 Å². The van der Waals surface area contributed by atoms with Gasteiger partial charge < -0.3 is 4.74 Å². The summed E-state index contributed by atoms with van der Waals surface area (Å²) >= 11 is 0. The van der Waals surface area contributed by atoms with Crippen molar-refractivity contribution in [1.29, 1.82) is 0 Å². The molecule has 66 valence electrons. The molecule has 0 bridgehead atoms. The van der Waals surface area contributed by atoms with Gasteiger partial charge in [-0.3, -0.25) is 10.1 Å². The van der Waals surface area contributed by atoms with Crippen molar-refractivity contribution in [3.8, 4) is 0 Å². The zero-order valence-electron chi connectivity index (χ0n) is 7.32. The normalized spacial score (nSPS) is 15.5. The Hall–Kier alpha value is -1.16. The molecule has 2 atom stereocenters. The van der Waals surface area contributed by atoms with Crippen LogP contribution < -0.4 is 0 Å². The molecule has 0 spiro atoms. The minimum Gasteiger partial charge on any atom is -0.379 e. The summed E-state index contributed by atoms with van der Waals surface area (Å²) in [6.45, 7) is 5.47. The summed E-state index contributed by atoms with van der Waals surface area (Å²) in [5, 5.41) is 6.57. The molecule has 2 unspecified atom stereocenters. The van der Waals surface area contributed by atoms with Crippen molar-refractivity contribution < 1.29 is 4.74 Å². The molecule has 0 aliphatic rings. The van der Waals surface area contributed by atoms with Gasteiger partial charge in [-0.15, -0.1) is 0 Å². The SMILES string of the molecule is C=NC(c1cn[nH]c1)C(C)OC. The number of methoxy groups -OCH3 is 1. The third-order valence-corrected chi connectivity index (χ3v) is 1.87. The van der Waals surface area contributed by atoms with Gasteiger partial charge in [-0.05, 0) is 13.6 Å². The summed E-state index contributed by atoms with van der Waals surface area (Å²) in [5.41, 5.74) is 0.999. The van der Waals surface area contributed by atoms with Crippen molar-refractivity contribution in [3.05, 3.63) is 18.0 Å². The summed E-state index contributed by atoms with van der Waals surface area (Å²) < 4.78 is 5.15. The van der Waals surface area contributed by atoms with Crippen LogP contribution >= 0.6 is 0 Å². The Bertz CT molecular complexity index is 232. The highest BCUT2D eigenvalue weighted by Crippen LogP contribution is 2.20. The molecule has 0 aliphatic heterocycles. The average molecular weight is 167 g/mol. The summed E-state index contributed by atoms with van der Waals surface area (Å²) in [6, 6.07) is -0.0336. The van der Waals surface area contributed by atoms with Crippen LogP contribution in [0.1, 0.15) is 18.5 Å². The van der Waals surface area contributed by atoms with Gasteiger partial charge in [-0.25, -0.2) is 0 Å². The number of nitrogens with zero attached hydrogens (tertiary/aromatic N) is 2. The highest BCUT2D eigenvalue weighted by molar-refractivity contribution is 5.27. The van der Waals surface area contributed by atoms with Crippen LogP contribution in [0.25, 0.3) is 0 Å². The largest absolute Gasteiger partial charge is 0.379 e. The van der Waals surface area contributed by atoms with Gasteiger partial charge in [-0.1, -0.05) is 0 Å². The van der Waals surface area contributed by atoms with Crippen molar-refractivity contribution >= 4 is 6.72 Å². The van der Waals surface area contributed by atoms with Crippen LogP contribution in [0.5, 0.6) is 0 Å². The summed E-state index contributed by atoms with van der Waals surface area (Å²) in [7, 11) is 1.66. The Morgan fingerprint density at radius 2 is 2.50 bits per heavy atom. The van der Waals surface area contributed by atoms with E-state index in [1.165, 1.54) is 0 Å². The zero-order valence-corrected chi connectivity index (χ0v) is 7.32. The molecule has 0 aromatic carbocycles. The first-order chi connectivity index (χ1) is 5.79. The van der Waals surface area contributed by atoms with Crippen LogP contribution in [-0.2, 0) is 4.74 Å². The van der Waals surface area contributed by atoms with Gasteiger partial charge in [0.15, 0.2) is 0 Å². The lowest BCUT2D eigenvalue weighted by Gasteiger charge is -2.16. The van der Waals surface area contributed by atoms with Gasteiger partial charge in [-0.2, -0.15) is 5.10 Å². The van der Waals surface area contributed by atoms with E-state index in [1.807, 2.05) is 6.92 Å². The van der Waals surface area contributed by atoms with E-state index in [1.54, 1.807) is 19.5 Å². The first kappa shape index (κ1) is 8.93. The molecule has 4 heteroatoms. The molecule has 0 amide bonds. The number of hydrogen-bond acceptors (Lipinski definition) is 3. The quantitative estimate of drug-likeness (QED) is 0.685. The number of aromatic nitrogens is 2. The number of rotatable bonds is 4. The van der Waals surface area contributed by atoms with Gasteiger partial charge in [0.2, 0.25) is 0 Å². The smallest absolute Gasteiger partial charge is 0.103 e. The minimum absolute atomic E-state index is 0.0279. The van der Waals surface area contributed by atoms with E-state index in [4.69, 9.17) is 4.74 Å². The molecule has 0 aliphatic carbocycles. The summed E-state index contributed by atoms with van der Waals surface area (Å²) in [4.78, 5) is 3.97. The van der Waals surface area contributed by atoms with E-state index in [2.05, 4.69) is 21.9 Å². The number of hydrogen-bond donors (Lipinski definition) is 1. The highest BCUT2D eigenvalue weighted by atomic mass is 16.5. The van der Waals surface area contributed by atoms with Gasteiger partial charge in [0.1, 0.15) is 6.04 Å². The van der Waals surface area contributed by atoms with Gasteiger partial charge in [0.05, 0.1) is 12.3 Å². The Kier molecular flexibility index (Phi) is 2.99.